The van der Waals surface area contributed by atoms with Crippen molar-refractivity contribution in [2.75, 3.05) is 0 Å². The maximum absolute atomic E-state index is 3.57. The summed E-state index contributed by atoms with van der Waals surface area (Å²) in [6.45, 7) is 3.17. The minimum absolute atomic E-state index is 0.601. The Labute approximate surface area is 89.8 Å². The van der Waals surface area contributed by atoms with Crippen molar-refractivity contribution in [1.29, 1.82) is 0 Å². The van der Waals surface area contributed by atoms with E-state index in [9.17, 15) is 0 Å². The van der Waals surface area contributed by atoms with Gasteiger partial charge < -0.3 is 5.32 Å². The van der Waals surface area contributed by atoms with Gasteiger partial charge in [-0.2, -0.15) is 0 Å². The van der Waals surface area contributed by atoms with Gasteiger partial charge in [0.2, 0.25) is 0 Å². The topological polar surface area (TPSA) is 12.0 Å². The van der Waals surface area contributed by atoms with Crippen LogP contribution in [0.1, 0.15) is 29.7 Å². The average molecular weight is 207 g/mol. The number of thiophene rings is 1. The Balaban J connectivity index is 1.82. The molecule has 0 saturated carbocycles. The van der Waals surface area contributed by atoms with Crippen LogP contribution >= 0.6 is 11.3 Å². The molecule has 1 unspecified atom stereocenters. The summed E-state index contributed by atoms with van der Waals surface area (Å²) in [6, 6.07) is 2.87. The molecule has 1 atom stereocenters. The van der Waals surface area contributed by atoms with Gasteiger partial charge in [-0.1, -0.05) is 12.2 Å². The third-order valence-corrected chi connectivity index (χ3v) is 3.52. The van der Waals surface area contributed by atoms with Crippen molar-refractivity contribution in [3.63, 3.8) is 0 Å². The van der Waals surface area contributed by atoms with Gasteiger partial charge >= 0.3 is 0 Å². The summed E-state index contributed by atoms with van der Waals surface area (Å²) < 4.78 is 0. The molecule has 0 fully saturated rings. The van der Waals surface area contributed by atoms with Gasteiger partial charge in [0.15, 0.2) is 0 Å². The lowest BCUT2D eigenvalue weighted by Crippen LogP contribution is -2.27. The number of hydrogen-bond acceptors (Lipinski definition) is 2. The Hall–Kier alpha value is -0.600. The molecule has 1 nitrogen and oxygen atoms in total. The first-order valence-electron chi connectivity index (χ1n) is 5.28. The molecular formula is C12H17NS. The van der Waals surface area contributed by atoms with Gasteiger partial charge in [-0.25, -0.2) is 0 Å². The fourth-order valence-corrected chi connectivity index (χ4v) is 2.53. The number of allylic oxidation sites excluding steroid dienone is 1. The van der Waals surface area contributed by atoms with E-state index in [1.54, 1.807) is 0 Å². The Kier molecular flexibility index (Phi) is 3.38. The lowest BCUT2D eigenvalue weighted by Gasteiger charge is -2.17. The van der Waals surface area contributed by atoms with Crippen molar-refractivity contribution in [2.45, 2.75) is 38.8 Å². The standard InChI is InChI=1S/C12H17NS/c1-10-7-11(9-14-10)8-13-12-5-3-2-4-6-12/h3,5,7,9,12-13H,2,4,6,8H2,1H3. The van der Waals surface area contributed by atoms with E-state index >= 15 is 0 Å². The Morgan fingerprint density at radius 2 is 2.50 bits per heavy atom. The van der Waals surface area contributed by atoms with Gasteiger partial charge in [0, 0.05) is 17.5 Å². The van der Waals surface area contributed by atoms with Crippen molar-refractivity contribution < 1.29 is 0 Å². The smallest absolute Gasteiger partial charge is 0.0253 e. The molecule has 0 amide bonds. The second-order valence-corrected chi connectivity index (χ2v) is 5.03. The fraction of sp³-hybridized carbons (Fsp3) is 0.500. The van der Waals surface area contributed by atoms with Crippen LogP contribution in [0, 0.1) is 6.92 Å². The summed E-state index contributed by atoms with van der Waals surface area (Å²) in [5.74, 6) is 0. The van der Waals surface area contributed by atoms with Gasteiger partial charge in [-0.15, -0.1) is 11.3 Å². The van der Waals surface area contributed by atoms with E-state index in [-0.39, 0.29) is 0 Å². The van der Waals surface area contributed by atoms with Crippen molar-refractivity contribution in [3.05, 3.63) is 34.0 Å². The molecule has 76 valence electrons. The predicted molar refractivity (Wildman–Crippen MR) is 62.7 cm³/mol. The third-order valence-electron chi connectivity index (χ3n) is 2.61. The largest absolute Gasteiger partial charge is 0.306 e. The highest BCUT2D eigenvalue weighted by Crippen LogP contribution is 2.14. The molecular weight excluding hydrogens is 190 g/mol. The molecule has 2 rings (SSSR count). The average Bonchev–Trinajstić information content (AvgIpc) is 2.63. The van der Waals surface area contributed by atoms with E-state index in [0.717, 1.165) is 6.54 Å². The minimum Gasteiger partial charge on any atom is -0.306 e. The van der Waals surface area contributed by atoms with Crippen molar-refractivity contribution in [2.24, 2.45) is 0 Å². The number of hydrogen-bond donors (Lipinski definition) is 1. The van der Waals surface area contributed by atoms with E-state index < -0.39 is 0 Å². The summed E-state index contributed by atoms with van der Waals surface area (Å²) in [7, 11) is 0. The molecule has 0 aromatic carbocycles. The predicted octanol–water partition coefficient (Wildman–Crippen LogP) is 3.25. The van der Waals surface area contributed by atoms with Crippen molar-refractivity contribution in [1.82, 2.24) is 5.32 Å². The van der Waals surface area contributed by atoms with Crippen LogP contribution in [0.15, 0.2) is 23.6 Å². The molecule has 0 saturated heterocycles. The van der Waals surface area contributed by atoms with Crippen LogP contribution in [0.2, 0.25) is 0 Å². The quantitative estimate of drug-likeness (QED) is 0.750. The lowest BCUT2D eigenvalue weighted by atomic mass is 10.0. The molecule has 2 heteroatoms. The highest BCUT2D eigenvalue weighted by atomic mass is 32.1. The molecule has 1 N–H and O–H groups in total. The van der Waals surface area contributed by atoms with Gasteiger partial charge in [-0.05, 0) is 43.2 Å². The zero-order valence-corrected chi connectivity index (χ0v) is 9.44. The van der Waals surface area contributed by atoms with Crippen molar-refractivity contribution >= 4 is 11.3 Å². The van der Waals surface area contributed by atoms with E-state index in [0.29, 0.717) is 6.04 Å². The Morgan fingerprint density at radius 1 is 1.57 bits per heavy atom. The molecule has 1 aliphatic rings. The molecule has 0 spiro atoms. The van der Waals surface area contributed by atoms with Crippen LogP contribution in [0.4, 0.5) is 0 Å². The molecule has 1 aromatic rings. The van der Waals surface area contributed by atoms with Gasteiger partial charge in [0.1, 0.15) is 0 Å². The summed E-state index contributed by atoms with van der Waals surface area (Å²) in [5, 5.41) is 5.82. The highest BCUT2D eigenvalue weighted by Gasteiger charge is 2.07. The summed E-state index contributed by atoms with van der Waals surface area (Å²) in [4.78, 5) is 1.40. The molecule has 0 radical (unpaired) electrons. The number of rotatable bonds is 3. The van der Waals surface area contributed by atoms with Crippen LogP contribution in [0.3, 0.4) is 0 Å². The van der Waals surface area contributed by atoms with Gasteiger partial charge in [-0.3, -0.25) is 0 Å². The second kappa shape index (κ2) is 4.76. The van der Waals surface area contributed by atoms with Gasteiger partial charge in [0.05, 0.1) is 0 Å². The molecule has 0 aliphatic heterocycles. The second-order valence-electron chi connectivity index (χ2n) is 3.91. The van der Waals surface area contributed by atoms with Crippen LogP contribution in [-0.2, 0) is 6.54 Å². The van der Waals surface area contributed by atoms with E-state index in [2.05, 4.69) is 35.8 Å². The first-order valence-corrected chi connectivity index (χ1v) is 6.16. The van der Waals surface area contributed by atoms with E-state index in [1.165, 1.54) is 29.7 Å². The summed E-state index contributed by atoms with van der Waals surface area (Å²) in [6.07, 6.45) is 8.48. The normalized spacial score (nSPS) is 21.4. The van der Waals surface area contributed by atoms with Crippen LogP contribution in [-0.4, -0.2) is 6.04 Å². The molecule has 0 bridgehead atoms. The first kappa shape index (κ1) is 9.94. The van der Waals surface area contributed by atoms with Crippen LogP contribution in [0.5, 0.6) is 0 Å². The van der Waals surface area contributed by atoms with E-state index in [1.807, 2.05) is 11.3 Å². The van der Waals surface area contributed by atoms with Crippen molar-refractivity contribution in [3.8, 4) is 0 Å². The third kappa shape index (κ3) is 2.69. The zero-order valence-electron chi connectivity index (χ0n) is 8.62. The molecule has 1 heterocycles. The lowest BCUT2D eigenvalue weighted by molar-refractivity contribution is 0.523. The fourth-order valence-electron chi connectivity index (χ4n) is 1.82. The van der Waals surface area contributed by atoms with Crippen LogP contribution < -0.4 is 5.32 Å². The zero-order chi connectivity index (χ0) is 9.80. The number of nitrogens with one attached hydrogen (secondary N) is 1. The highest BCUT2D eigenvalue weighted by molar-refractivity contribution is 7.10. The maximum atomic E-state index is 3.57. The molecule has 1 aliphatic carbocycles. The Bertz CT molecular complexity index is 314. The van der Waals surface area contributed by atoms with Gasteiger partial charge in [0.25, 0.3) is 0 Å². The molecule has 14 heavy (non-hydrogen) atoms. The summed E-state index contributed by atoms with van der Waals surface area (Å²) in [5.41, 5.74) is 1.42. The maximum Gasteiger partial charge on any atom is 0.0253 e. The SMILES string of the molecule is Cc1cc(CNC2C=CCCC2)cs1. The molecule has 1 aromatic heterocycles. The number of aryl methyl sites for hydroxylation is 1. The Morgan fingerprint density at radius 3 is 3.14 bits per heavy atom. The van der Waals surface area contributed by atoms with Crippen LogP contribution in [0.25, 0.3) is 0 Å². The van der Waals surface area contributed by atoms with E-state index in [4.69, 9.17) is 0 Å². The first-order chi connectivity index (χ1) is 6.84. The summed E-state index contributed by atoms with van der Waals surface area (Å²) >= 11 is 1.83. The minimum atomic E-state index is 0.601. The monoisotopic (exact) mass is 207 g/mol.